The number of nitrogens with zero attached hydrogens (tertiary/aromatic N) is 4. The van der Waals surface area contributed by atoms with Gasteiger partial charge in [0.2, 0.25) is 0 Å². The molecule has 0 radical (unpaired) electrons. The number of aryl methyl sites for hydroxylation is 1. The number of hydrogen-bond acceptors (Lipinski definition) is 5. The van der Waals surface area contributed by atoms with Gasteiger partial charge in [0.1, 0.15) is 0 Å². The zero-order valence-corrected chi connectivity index (χ0v) is 15.5. The monoisotopic (exact) mass is 367 g/mol. The van der Waals surface area contributed by atoms with Gasteiger partial charge in [-0.1, -0.05) is 19.3 Å². The highest BCUT2D eigenvalue weighted by molar-refractivity contribution is 7.13. The van der Waals surface area contributed by atoms with E-state index in [-0.39, 0.29) is 11.9 Å². The number of carbonyl (C=O) groups excluding carboxylic acids is 1. The number of carbonyl (C=O) groups is 1. The second kappa shape index (κ2) is 7.37. The van der Waals surface area contributed by atoms with Crippen LogP contribution in [0.2, 0.25) is 0 Å². The van der Waals surface area contributed by atoms with E-state index in [9.17, 15) is 4.79 Å². The fourth-order valence-electron chi connectivity index (χ4n) is 3.35. The van der Waals surface area contributed by atoms with Gasteiger partial charge in [-0.2, -0.15) is 5.10 Å². The lowest BCUT2D eigenvalue weighted by molar-refractivity contribution is 0.0927. The highest BCUT2D eigenvalue weighted by Crippen LogP contribution is 2.27. The van der Waals surface area contributed by atoms with Crippen LogP contribution in [-0.2, 0) is 7.05 Å². The molecule has 0 atom stereocenters. The quantitative estimate of drug-likeness (QED) is 0.764. The van der Waals surface area contributed by atoms with Crippen molar-refractivity contribution >= 4 is 17.2 Å². The molecule has 0 aromatic carbocycles. The first-order valence-electron chi connectivity index (χ1n) is 8.90. The highest BCUT2D eigenvalue weighted by Gasteiger charge is 2.19. The molecule has 0 unspecified atom stereocenters. The van der Waals surface area contributed by atoms with Crippen molar-refractivity contribution in [2.45, 2.75) is 38.1 Å². The van der Waals surface area contributed by atoms with E-state index in [0.29, 0.717) is 5.56 Å². The summed E-state index contributed by atoms with van der Waals surface area (Å²) in [6.07, 6.45) is 11.2. The maximum atomic E-state index is 12.9. The minimum absolute atomic E-state index is 0.0322. The van der Waals surface area contributed by atoms with Crippen LogP contribution in [-0.4, -0.2) is 31.7 Å². The molecule has 0 bridgehead atoms. The van der Waals surface area contributed by atoms with Gasteiger partial charge in [0.25, 0.3) is 5.91 Å². The van der Waals surface area contributed by atoms with E-state index in [1.807, 2.05) is 25.4 Å². The molecule has 0 saturated heterocycles. The summed E-state index contributed by atoms with van der Waals surface area (Å²) in [5.41, 5.74) is 4.81. The summed E-state index contributed by atoms with van der Waals surface area (Å²) in [5.74, 6) is -0.0322. The lowest BCUT2D eigenvalue weighted by atomic mass is 9.95. The zero-order chi connectivity index (χ0) is 17.9. The van der Waals surface area contributed by atoms with E-state index >= 15 is 0 Å². The highest BCUT2D eigenvalue weighted by atomic mass is 32.1. The number of rotatable bonds is 4. The van der Waals surface area contributed by atoms with Crippen LogP contribution in [0.3, 0.4) is 0 Å². The van der Waals surface area contributed by atoms with Gasteiger partial charge in [-0.05, 0) is 25.0 Å². The van der Waals surface area contributed by atoms with Gasteiger partial charge < -0.3 is 5.32 Å². The van der Waals surface area contributed by atoms with Gasteiger partial charge in [-0.3, -0.25) is 14.5 Å². The Kier molecular flexibility index (Phi) is 4.79. The van der Waals surface area contributed by atoms with E-state index in [1.54, 1.807) is 22.6 Å². The van der Waals surface area contributed by atoms with Crippen LogP contribution >= 0.6 is 11.3 Å². The number of nitrogens with one attached hydrogen (secondary N) is 1. The Morgan fingerprint density at radius 3 is 2.69 bits per heavy atom. The van der Waals surface area contributed by atoms with Crippen molar-refractivity contribution in [3.8, 4) is 21.8 Å². The molecule has 1 aliphatic rings. The Bertz CT molecular complexity index is 897. The normalized spacial score (nSPS) is 15.1. The van der Waals surface area contributed by atoms with E-state index < -0.39 is 0 Å². The van der Waals surface area contributed by atoms with Crippen LogP contribution in [0.25, 0.3) is 21.8 Å². The van der Waals surface area contributed by atoms with Gasteiger partial charge >= 0.3 is 0 Å². The van der Waals surface area contributed by atoms with Crippen LogP contribution in [0, 0.1) is 0 Å². The van der Waals surface area contributed by atoms with Crippen molar-refractivity contribution in [1.29, 1.82) is 0 Å². The lowest BCUT2D eigenvalue weighted by Crippen LogP contribution is -2.36. The predicted octanol–water partition coefficient (Wildman–Crippen LogP) is 3.67. The maximum absolute atomic E-state index is 12.9. The number of pyridine rings is 1. The van der Waals surface area contributed by atoms with Gasteiger partial charge in [0.05, 0.1) is 28.0 Å². The molecule has 1 N–H and O–H groups in total. The van der Waals surface area contributed by atoms with Crippen molar-refractivity contribution in [3.05, 3.63) is 41.8 Å². The standard InChI is InChI=1S/C19H21N5OS/c1-24-11-14(9-21-24)16-7-13(8-17(23-16)18-10-20-12-26-18)19(25)22-15-5-3-2-4-6-15/h7-12,15H,2-6H2,1H3,(H,22,25). The van der Waals surface area contributed by atoms with Crippen molar-refractivity contribution < 1.29 is 4.79 Å². The summed E-state index contributed by atoms with van der Waals surface area (Å²) in [6, 6.07) is 3.98. The molecule has 1 amide bonds. The smallest absolute Gasteiger partial charge is 0.251 e. The van der Waals surface area contributed by atoms with Crippen molar-refractivity contribution in [2.24, 2.45) is 7.05 Å². The summed E-state index contributed by atoms with van der Waals surface area (Å²) in [7, 11) is 1.87. The van der Waals surface area contributed by atoms with Gasteiger partial charge in [0, 0.05) is 36.6 Å². The number of thiazole rings is 1. The Morgan fingerprint density at radius 1 is 1.19 bits per heavy atom. The molecule has 1 fully saturated rings. The Balaban J connectivity index is 1.68. The molecule has 7 heteroatoms. The largest absolute Gasteiger partial charge is 0.349 e. The van der Waals surface area contributed by atoms with E-state index in [1.165, 1.54) is 30.6 Å². The molecule has 0 aliphatic heterocycles. The molecule has 3 aromatic rings. The van der Waals surface area contributed by atoms with Crippen molar-refractivity contribution in [2.75, 3.05) is 0 Å². The van der Waals surface area contributed by atoms with Crippen LogP contribution in [0.4, 0.5) is 0 Å². The third-order valence-corrected chi connectivity index (χ3v) is 5.51. The third kappa shape index (κ3) is 3.67. The molecule has 4 rings (SSSR count). The van der Waals surface area contributed by atoms with Gasteiger partial charge in [-0.15, -0.1) is 11.3 Å². The molecule has 6 nitrogen and oxygen atoms in total. The van der Waals surface area contributed by atoms with E-state index in [4.69, 9.17) is 4.98 Å². The first-order chi connectivity index (χ1) is 12.7. The van der Waals surface area contributed by atoms with E-state index in [2.05, 4.69) is 15.4 Å². The first-order valence-corrected chi connectivity index (χ1v) is 9.78. The van der Waals surface area contributed by atoms with Crippen molar-refractivity contribution in [3.63, 3.8) is 0 Å². The Morgan fingerprint density at radius 2 is 2.00 bits per heavy atom. The molecule has 1 saturated carbocycles. The average Bonchev–Trinajstić information content (AvgIpc) is 3.34. The molecule has 3 heterocycles. The van der Waals surface area contributed by atoms with Crippen molar-refractivity contribution in [1.82, 2.24) is 25.1 Å². The lowest BCUT2D eigenvalue weighted by Gasteiger charge is -2.22. The third-order valence-electron chi connectivity index (χ3n) is 4.71. The van der Waals surface area contributed by atoms with Crippen LogP contribution in [0.5, 0.6) is 0 Å². The van der Waals surface area contributed by atoms with Gasteiger partial charge in [0.15, 0.2) is 0 Å². The minimum Gasteiger partial charge on any atom is -0.349 e. The fourth-order valence-corrected chi connectivity index (χ4v) is 3.93. The second-order valence-electron chi connectivity index (χ2n) is 6.70. The number of aromatic nitrogens is 4. The first kappa shape index (κ1) is 16.9. The molecule has 0 spiro atoms. The zero-order valence-electron chi connectivity index (χ0n) is 14.7. The maximum Gasteiger partial charge on any atom is 0.251 e. The average molecular weight is 367 g/mol. The number of hydrogen-bond donors (Lipinski definition) is 1. The molecule has 3 aromatic heterocycles. The number of amides is 1. The Hall–Kier alpha value is -2.54. The molecular formula is C19H21N5OS. The SMILES string of the molecule is Cn1cc(-c2cc(C(=O)NC3CCCCC3)cc(-c3cncs3)n2)cn1. The topological polar surface area (TPSA) is 72.7 Å². The summed E-state index contributed by atoms with van der Waals surface area (Å²) in [6.45, 7) is 0. The molecule has 26 heavy (non-hydrogen) atoms. The summed E-state index contributed by atoms with van der Waals surface area (Å²) in [4.78, 5) is 22.7. The summed E-state index contributed by atoms with van der Waals surface area (Å²) < 4.78 is 1.73. The van der Waals surface area contributed by atoms with Crippen LogP contribution in [0.15, 0.2) is 36.2 Å². The minimum atomic E-state index is -0.0322. The predicted molar refractivity (Wildman–Crippen MR) is 102 cm³/mol. The fraction of sp³-hybridized carbons (Fsp3) is 0.368. The van der Waals surface area contributed by atoms with Crippen LogP contribution in [0.1, 0.15) is 42.5 Å². The Labute approximate surface area is 156 Å². The van der Waals surface area contributed by atoms with Crippen LogP contribution < -0.4 is 5.32 Å². The summed E-state index contributed by atoms with van der Waals surface area (Å²) in [5, 5.41) is 7.41. The molecular weight excluding hydrogens is 346 g/mol. The molecule has 134 valence electrons. The van der Waals surface area contributed by atoms with E-state index in [0.717, 1.165) is 34.7 Å². The summed E-state index contributed by atoms with van der Waals surface area (Å²) >= 11 is 1.52. The molecule has 1 aliphatic carbocycles. The van der Waals surface area contributed by atoms with Gasteiger partial charge in [-0.25, -0.2) is 4.98 Å². The second-order valence-corrected chi connectivity index (χ2v) is 7.59.